The fourth-order valence-electron chi connectivity index (χ4n) is 4.22. The van der Waals surface area contributed by atoms with Gasteiger partial charge < -0.3 is 15.1 Å². The summed E-state index contributed by atoms with van der Waals surface area (Å²) in [4.78, 5) is 21.8. The molecule has 2 saturated heterocycles. The van der Waals surface area contributed by atoms with Crippen molar-refractivity contribution >= 4 is 47.9 Å². The number of rotatable bonds is 4. The molecule has 31 heavy (non-hydrogen) atoms. The first kappa shape index (κ1) is 20.4. The molecule has 0 unspecified atom stereocenters. The van der Waals surface area contributed by atoms with Crippen LogP contribution in [0.2, 0.25) is 0 Å². The molecule has 2 aromatic heterocycles. The number of aromatic nitrogens is 1. The van der Waals surface area contributed by atoms with Crippen LogP contribution in [0.15, 0.2) is 46.8 Å². The normalized spacial score (nSPS) is 17.4. The minimum atomic E-state index is -4.13. The average molecular weight is 457 g/mol. The lowest BCUT2D eigenvalue weighted by molar-refractivity contribution is 0.107. The second kappa shape index (κ2) is 8.22. The van der Waals surface area contributed by atoms with Gasteiger partial charge in [-0.1, -0.05) is 0 Å². The molecule has 0 bridgehead atoms. The fourth-order valence-corrected chi connectivity index (χ4v) is 6.84. The highest BCUT2D eigenvalue weighted by Gasteiger charge is 2.29. The zero-order chi connectivity index (χ0) is 21.4. The molecule has 5 rings (SSSR count). The number of sulfone groups is 1. The lowest BCUT2D eigenvalue weighted by Crippen LogP contribution is -2.43. The summed E-state index contributed by atoms with van der Waals surface area (Å²) in [6.45, 7) is 5.34. The van der Waals surface area contributed by atoms with Gasteiger partial charge in [-0.3, -0.25) is 4.79 Å². The standard InChI is InChI=1S/C22H24N4O3S2/c27-22(16-3-5-17(6-4-16)25-11-1-2-12-25)31(28,29)20-15-18-19(30-20)7-8-24-21(18)26-13-9-23-10-14-26/h3-8,15,23H,1-2,9-14H2. The molecule has 0 amide bonds. The zero-order valence-electron chi connectivity index (χ0n) is 17.1. The number of nitrogens with one attached hydrogen (secondary N) is 1. The van der Waals surface area contributed by atoms with Crippen molar-refractivity contribution in [2.75, 3.05) is 49.1 Å². The number of thiophene rings is 1. The molecule has 1 N–H and O–H groups in total. The summed E-state index contributed by atoms with van der Waals surface area (Å²) < 4.78 is 27.2. The van der Waals surface area contributed by atoms with Crippen LogP contribution in [0, 0.1) is 0 Å². The number of fused-ring (bicyclic) bond motifs is 1. The molecule has 2 fully saturated rings. The SMILES string of the molecule is O=C(c1ccc(N2CCCC2)cc1)S(=O)(=O)c1cc2c(N3CCNCC3)nccc2s1. The maximum atomic E-state index is 13.1. The van der Waals surface area contributed by atoms with Gasteiger partial charge in [0.05, 0.1) is 0 Å². The highest BCUT2D eigenvalue weighted by Crippen LogP contribution is 2.35. The number of piperazine rings is 1. The predicted octanol–water partition coefficient (Wildman–Crippen LogP) is 2.92. The molecule has 162 valence electrons. The van der Waals surface area contributed by atoms with Gasteiger partial charge in [0.25, 0.3) is 15.0 Å². The number of hydrogen-bond donors (Lipinski definition) is 1. The van der Waals surface area contributed by atoms with E-state index in [1.807, 2.05) is 12.1 Å². The Bertz CT molecular complexity index is 1210. The van der Waals surface area contributed by atoms with E-state index in [1.54, 1.807) is 30.5 Å². The summed E-state index contributed by atoms with van der Waals surface area (Å²) in [5, 5.41) is 3.23. The summed E-state index contributed by atoms with van der Waals surface area (Å²) in [6, 6.07) is 10.3. The Morgan fingerprint density at radius 1 is 0.968 bits per heavy atom. The molecule has 7 nitrogen and oxygen atoms in total. The molecular weight excluding hydrogens is 432 g/mol. The van der Waals surface area contributed by atoms with Crippen molar-refractivity contribution < 1.29 is 13.2 Å². The van der Waals surface area contributed by atoms with E-state index in [1.165, 1.54) is 0 Å². The summed E-state index contributed by atoms with van der Waals surface area (Å²) in [5.74, 6) is 0.777. The van der Waals surface area contributed by atoms with Crippen LogP contribution in [0.5, 0.6) is 0 Å². The van der Waals surface area contributed by atoms with Gasteiger partial charge in [0.1, 0.15) is 10.0 Å². The molecule has 2 aliphatic heterocycles. The molecule has 4 heterocycles. The molecule has 0 atom stereocenters. The lowest BCUT2D eigenvalue weighted by atomic mass is 10.2. The second-order valence-electron chi connectivity index (χ2n) is 7.88. The van der Waals surface area contributed by atoms with Gasteiger partial charge >= 0.3 is 0 Å². The first-order valence-corrected chi connectivity index (χ1v) is 12.8. The number of hydrogen-bond acceptors (Lipinski definition) is 8. The van der Waals surface area contributed by atoms with Crippen molar-refractivity contribution in [2.45, 2.75) is 17.1 Å². The maximum Gasteiger partial charge on any atom is 0.282 e. The predicted molar refractivity (Wildman–Crippen MR) is 124 cm³/mol. The van der Waals surface area contributed by atoms with E-state index in [0.717, 1.165) is 85.0 Å². The molecule has 0 saturated carbocycles. The topological polar surface area (TPSA) is 82.6 Å². The van der Waals surface area contributed by atoms with E-state index in [9.17, 15) is 13.2 Å². The van der Waals surface area contributed by atoms with Gasteiger partial charge in [-0.25, -0.2) is 13.4 Å². The number of anilines is 2. The van der Waals surface area contributed by atoms with Gasteiger partial charge in [-0.15, -0.1) is 11.3 Å². The van der Waals surface area contributed by atoms with E-state index >= 15 is 0 Å². The average Bonchev–Trinajstić information content (AvgIpc) is 3.49. The van der Waals surface area contributed by atoms with Gasteiger partial charge in [-0.2, -0.15) is 0 Å². The fraction of sp³-hybridized carbons (Fsp3) is 0.364. The maximum absolute atomic E-state index is 13.1. The van der Waals surface area contributed by atoms with Crippen LogP contribution in [0.25, 0.3) is 10.1 Å². The summed E-state index contributed by atoms with van der Waals surface area (Å²) >= 11 is 1.13. The van der Waals surface area contributed by atoms with Crippen LogP contribution in [0.3, 0.4) is 0 Å². The highest BCUT2D eigenvalue weighted by molar-refractivity contribution is 8.08. The van der Waals surface area contributed by atoms with Crippen molar-refractivity contribution in [2.24, 2.45) is 0 Å². The number of carbonyl (C=O) groups excluding carboxylic acids is 1. The molecule has 2 aliphatic rings. The summed E-state index contributed by atoms with van der Waals surface area (Å²) in [6.07, 6.45) is 4.02. The second-order valence-corrected chi connectivity index (χ2v) is 11.0. The smallest absolute Gasteiger partial charge is 0.282 e. The summed E-state index contributed by atoms with van der Waals surface area (Å²) in [7, 11) is -4.13. The molecule has 0 radical (unpaired) electrons. The van der Waals surface area contributed by atoms with Gasteiger partial charge in [0.2, 0.25) is 0 Å². The van der Waals surface area contributed by atoms with E-state index < -0.39 is 15.0 Å². The number of nitrogens with zero attached hydrogens (tertiary/aromatic N) is 3. The number of benzene rings is 1. The van der Waals surface area contributed by atoms with Crippen molar-refractivity contribution in [3.63, 3.8) is 0 Å². The Balaban J connectivity index is 1.45. The Hall–Kier alpha value is -2.49. The van der Waals surface area contributed by atoms with Crippen molar-refractivity contribution in [3.05, 3.63) is 48.2 Å². The molecule has 1 aromatic carbocycles. The van der Waals surface area contributed by atoms with Crippen LogP contribution in [-0.4, -0.2) is 57.8 Å². The minimum absolute atomic E-state index is 0.0699. The van der Waals surface area contributed by atoms with Crippen LogP contribution in [-0.2, 0) is 9.84 Å². The first-order valence-electron chi connectivity index (χ1n) is 10.5. The van der Waals surface area contributed by atoms with Crippen LogP contribution in [0.1, 0.15) is 23.2 Å². The Kier molecular flexibility index (Phi) is 5.41. The van der Waals surface area contributed by atoms with Gasteiger partial charge in [0, 0.05) is 66.8 Å². The monoisotopic (exact) mass is 456 g/mol. The first-order chi connectivity index (χ1) is 15.0. The van der Waals surface area contributed by atoms with E-state index in [2.05, 4.69) is 20.1 Å². The van der Waals surface area contributed by atoms with E-state index in [4.69, 9.17) is 0 Å². The molecule has 0 spiro atoms. The molecule has 9 heteroatoms. The third kappa shape index (κ3) is 3.81. The van der Waals surface area contributed by atoms with E-state index in [-0.39, 0.29) is 9.77 Å². The quantitative estimate of drug-likeness (QED) is 0.646. The van der Waals surface area contributed by atoms with Crippen LogP contribution < -0.4 is 15.1 Å². The Labute approximate surface area is 185 Å². The van der Waals surface area contributed by atoms with Gasteiger partial charge in [0.15, 0.2) is 0 Å². The zero-order valence-corrected chi connectivity index (χ0v) is 18.7. The molecule has 0 aliphatic carbocycles. The molecule has 3 aromatic rings. The number of carbonyl (C=O) groups is 1. The third-order valence-electron chi connectivity index (χ3n) is 5.90. The van der Waals surface area contributed by atoms with E-state index in [0.29, 0.717) is 0 Å². The van der Waals surface area contributed by atoms with Crippen molar-refractivity contribution in [3.8, 4) is 0 Å². The molecular formula is C22H24N4O3S2. The number of pyridine rings is 1. The Morgan fingerprint density at radius 3 is 2.39 bits per heavy atom. The highest BCUT2D eigenvalue weighted by atomic mass is 32.2. The third-order valence-corrected chi connectivity index (χ3v) is 9.08. The van der Waals surface area contributed by atoms with Gasteiger partial charge in [-0.05, 0) is 49.2 Å². The minimum Gasteiger partial charge on any atom is -0.372 e. The lowest BCUT2D eigenvalue weighted by Gasteiger charge is -2.28. The summed E-state index contributed by atoms with van der Waals surface area (Å²) in [5.41, 5.74) is 1.22. The van der Waals surface area contributed by atoms with Crippen molar-refractivity contribution in [1.82, 2.24) is 10.3 Å². The van der Waals surface area contributed by atoms with Crippen LogP contribution >= 0.6 is 11.3 Å². The van der Waals surface area contributed by atoms with Crippen LogP contribution in [0.4, 0.5) is 11.5 Å². The largest absolute Gasteiger partial charge is 0.372 e. The Morgan fingerprint density at radius 2 is 1.68 bits per heavy atom. The van der Waals surface area contributed by atoms with Crippen molar-refractivity contribution in [1.29, 1.82) is 0 Å².